The quantitative estimate of drug-likeness (QED) is 0.508. The van der Waals surface area contributed by atoms with Gasteiger partial charge >= 0.3 is 0 Å². The van der Waals surface area contributed by atoms with Crippen molar-refractivity contribution in [1.29, 1.82) is 0 Å². The summed E-state index contributed by atoms with van der Waals surface area (Å²) in [6, 6.07) is 16.7. The minimum absolute atomic E-state index is 0.258. The van der Waals surface area contributed by atoms with Crippen molar-refractivity contribution in [2.45, 2.75) is 46.0 Å². The number of rotatable bonds is 7. The first kappa shape index (κ1) is 19.3. The number of anilines is 2. The lowest BCUT2D eigenvalue weighted by Crippen LogP contribution is -2.15. The fourth-order valence-electron chi connectivity index (χ4n) is 4.07. The molecule has 29 heavy (non-hydrogen) atoms. The number of unbranched alkanes of at least 4 members (excludes halogenated alkanes) is 1. The van der Waals surface area contributed by atoms with Crippen LogP contribution in [0.2, 0.25) is 0 Å². The second-order valence-corrected chi connectivity index (χ2v) is 7.76. The standard InChI is InChI=1S/C25H27N3O/c1-3-4-11-24(29)22-9-6-10-23-21(22)12-13-28(23)25-16-20(26-17-27-25)15-19-8-5-7-18(2)14-19/h5-10,14,16-17H,3-4,11-13,15H2,1-2H3. The van der Waals surface area contributed by atoms with Crippen LogP contribution in [0.3, 0.4) is 0 Å². The zero-order valence-electron chi connectivity index (χ0n) is 17.2. The topological polar surface area (TPSA) is 46.1 Å². The van der Waals surface area contributed by atoms with Crippen LogP contribution in [-0.4, -0.2) is 22.3 Å². The van der Waals surface area contributed by atoms with Crippen molar-refractivity contribution in [3.63, 3.8) is 0 Å². The molecule has 4 nitrogen and oxygen atoms in total. The maximum atomic E-state index is 12.6. The lowest BCUT2D eigenvalue weighted by Gasteiger charge is -2.19. The molecular formula is C25H27N3O. The summed E-state index contributed by atoms with van der Waals surface area (Å²) in [7, 11) is 0. The van der Waals surface area contributed by atoms with E-state index in [0.29, 0.717) is 6.42 Å². The SMILES string of the molecule is CCCCC(=O)c1cccc2c1CCN2c1cc(Cc2cccc(C)c2)ncn1. The molecule has 1 aromatic heterocycles. The number of aromatic nitrogens is 2. The van der Waals surface area contributed by atoms with Crippen molar-refractivity contribution in [3.05, 3.63) is 82.8 Å². The molecule has 0 aliphatic carbocycles. The molecule has 0 fully saturated rings. The minimum Gasteiger partial charge on any atom is -0.326 e. The molecule has 148 valence electrons. The summed E-state index contributed by atoms with van der Waals surface area (Å²) < 4.78 is 0. The normalized spacial score (nSPS) is 12.8. The minimum atomic E-state index is 0.258. The van der Waals surface area contributed by atoms with E-state index in [2.05, 4.69) is 65.1 Å². The number of nitrogens with zero attached hydrogens (tertiary/aromatic N) is 3. The van der Waals surface area contributed by atoms with E-state index in [1.54, 1.807) is 6.33 Å². The molecule has 3 aromatic rings. The Morgan fingerprint density at radius 3 is 2.79 bits per heavy atom. The summed E-state index contributed by atoms with van der Waals surface area (Å²) in [5.41, 5.74) is 6.66. The van der Waals surface area contributed by atoms with Gasteiger partial charge < -0.3 is 4.90 Å². The first-order chi connectivity index (χ1) is 14.2. The number of aryl methyl sites for hydroxylation is 1. The van der Waals surface area contributed by atoms with Gasteiger partial charge in [0.15, 0.2) is 5.78 Å². The third kappa shape index (κ3) is 4.21. The van der Waals surface area contributed by atoms with Gasteiger partial charge in [0, 0.05) is 36.7 Å². The van der Waals surface area contributed by atoms with Crippen molar-refractivity contribution in [2.24, 2.45) is 0 Å². The lowest BCUT2D eigenvalue weighted by atomic mass is 9.98. The Morgan fingerprint density at radius 1 is 1.10 bits per heavy atom. The molecule has 2 aromatic carbocycles. The highest BCUT2D eigenvalue weighted by Gasteiger charge is 2.25. The number of hydrogen-bond donors (Lipinski definition) is 0. The number of fused-ring (bicyclic) bond motifs is 1. The number of Topliss-reactive ketones (excluding diaryl/α,β-unsaturated/α-hetero) is 1. The van der Waals surface area contributed by atoms with Crippen molar-refractivity contribution < 1.29 is 4.79 Å². The van der Waals surface area contributed by atoms with E-state index in [9.17, 15) is 4.79 Å². The number of benzene rings is 2. The Bertz CT molecular complexity index is 1030. The highest BCUT2D eigenvalue weighted by molar-refractivity contribution is 5.99. The number of hydrogen-bond acceptors (Lipinski definition) is 4. The van der Waals surface area contributed by atoms with Crippen LogP contribution < -0.4 is 4.90 Å². The van der Waals surface area contributed by atoms with Gasteiger partial charge in [0.1, 0.15) is 12.1 Å². The van der Waals surface area contributed by atoms with Gasteiger partial charge in [-0.2, -0.15) is 0 Å². The van der Waals surface area contributed by atoms with E-state index >= 15 is 0 Å². The number of ketones is 1. The molecular weight excluding hydrogens is 358 g/mol. The van der Waals surface area contributed by atoms with E-state index in [-0.39, 0.29) is 5.78 Å². The molecule has 0 bridgehead atoms. The van der Waals surface area contributed by atoms with Crippen LogP contribution in [0, 0.1) is 6.92 Å². The average molecular weight is 386 g/mol. The largest absolute Gasteiger partial charge is 0.326 e. The Balaban J connectivity index is 1.59. The first-order valence-electron chi connectivity index (χ1n) is 10.4. The maximum Gasteiger partial charge on any atom is 0.163 e. The van der Waals surface area contributed by atoms with Crippen molar-refractivity contribution >= 4 is 17.3 Å². The van der Waals surface area contributed by atoms with Crippen molar-refractivity contribution in [2.75, 3.05) is 11.4 Å². The molecule has 0 spiro atoms. The molecule has 0 saturated heterocycles. The molecule has 2 heterocycles. The summed E-state index contributed by atoms with van der Waals surface area (Å²) in [6.07, 6.45) is 5.92. The third-order valence-electron chi connectivity index (χ3n) is 5.54. The summed E-state index contributed by atoms with van der Waals surface area (Å²) in [5, 5.41) is 0. The monoisotopic (exact) mass is 385 g/mol. The zero-order chi connectivity index (χ0) is 20.2. The van der Waals surface area contributed by atoms with Gasteiger partial charge in [-0.15, -0.1) is 0 Å². The number of carbonyl (C=O) groups is 1. The summed E-state index contributed by atoms with van der Waals surface area (Å²) in [6.45, 7) is 5.07. The van der Waals surface area contributed by atoms with Crippen LogP contribution in [0.4, 0.5) is 11.5 Å². The second-order valence-electron chi connectivity index (χ2n) is 7.76. The van der Waals surface area contributed by atoms with Gasteiger partial charge in [0.05, 0.1) is 5.69 Å². The molecule has 0 unspecified atom stereocenters. The Hall–Kier alpha value is -3.01. The fourth-order valence-corrected chi connectivity index (χ4v) is 4.07. The zero-order valence-corrected chi connectivity index (χ0v) is 17.2. The van der Waals surface area contributed by atoms with E-state index in [0.717, 1.165) is 60.6 Å². The van der Waals surface area contributed by atoms with Crippen LogP contribution in [0.25, 0.3) is 0 Å². The summed E-state index contributed by atoms with van der Waals surface area (Å²) in [5.74, 6) is 1.16. The molecule has 0 N–H and O–H groups in total. The second kappa shape index (κ2) is 8.56. The van der Waals surface area contributed by atoms with Crippen LogP contribution in [0.5, 0.6) is 0 Å². The smallest absolute Gasteiger partial charge is 0.163 e. The van der Waals surface area contributed by atoms with Crippen LogP contribution in [0.1, 0.15) is 58.9 Å². The average Bonchev–Trinajstić information content (AvgIpc) is 3.16. The molecule has 0 saturated carbocycles. The van der Waals surface area contributed by atoms with Crippen LogP contribution in [0.15, 0.2) is 54.9 Å². The van der Waals surface area contributed by atoms with Crippen molar-refractivity contribution in [1.82, 2.24) is 9.97 Å². The fraction of sp³-hybridized carbons (Fsp3) is 0.320. The first-order valence-corrected chi connectivity index (χ1v) is 10.4. The van der Waals surface area contributed by atoms with Gasteiger partial charge in [-0.3, -0.25) is 4.79 Å². The van der Waals surface area contributed by atoms with Gasteiger partial charge in [0.25, 0.3) is 0 Å². The van der Waals surface area contributed by atoms with E-state index < -0.39 is 0 Å². The Labute approximate surface area is 172 Å². The Morgan fingerprint density at radius 2 is 1.97 bits per heavy atom. The van der Waals surface area contributed by atoms with Crippen LogP contribution in [-0.2, 0) is 12.8 Å². The van der Waals surface area contributed by atoms with E-state index in [1.165, 1.54) is 11.1 Å². The molecule has 1 aliphatic rings. The lowest BCUT2D eigenvalue weighted by molar-refractivity contribution is 0.0979. The van der Waals surface area contributed by atoms with Crippen LogP contribution >= 0.6 is 0 Å². The highest BCUT2D eigenvalue weighted by atomic mass is 16.1. The third-order valence-corrected chi connectivity index (χ3v) is 5.54. The summed E-state index contributed by atoms with van der Waals surface area (Å²) in [4.78, 5) is 23.9. The molecule has 4 heteroatoms. The van der Waals surface area contributed by atoms with Gasteiger partial charge in [-0.25, -0.2) is 9.97 Å². The van der Waals surface area contributed by atoms with E-state index in [4.69, 9.17) is 0 Å². The molecule has 4 rings (SSSR count). The molecule has 1 aliphatic heterocycles. The van der Waals surface area contributed by atoms with Gasteiger partial charge in [-0.1, -0.05) is 55.3 Å². The predicted octanol–water partition coefficient (Wildman–Crippen LogP) is 5.44. The molecule has 0 amide bonds. The Kier molecular flexibility index (Phi) is 5.70. The van der Waals surface area contributed by atoms with Crippen molar-refractivity contribution in [3.8, 4) is 0 Å². The van der Waals surface area contributed by atoms with E-state index in [1.807, 2.05) is 12.1 Å². The highest BCUT2D eigenvalue weighted by Crippen LogP contribution is 2.36. The predicted molar refractivity (Wildman–Crippen MR) is 117 cm³/mol. The number of carbonyl (C=O) groups excluding carboxylic acids is 1. The van der Waals surface area contributed by atoms with Gasteiger partial charge in [-0.05, 0) is 37.0 Å². The molecule has 0 radical (unpaired) electrons. The maximum absolute atomic E-state index is 12.6. The summed E-state index contributed by atoms with van der Waals surface area (Å²) >= 11 is 0. The molecule has 0 atom stereocenters. The van der Waals surface area contributed by atoms with Gasteiger partial charge in [0.2, 0.25) is 0 Å².